The fraction of sp³-hybridized carbons (Fsp3) is 0.391. The largest absolute Gasteiger partial charge is 0.376 e. The van der Waals surface area contributed by atoms with E-state index >= 15 is 0 Å². The zero-order valence-corrected chi connectivity index (χ0v) is 20.7. The summed E-state index contributed by atoms with van der Waals surface area (Å²) >= 11 is 3.08. The number of aromatic nitrogens is 1. The van der Waals surface area contributed by atoms with Gasteiger partial charge in [0.05, 0.1) is 27.8 Å². The van der Waals surface area contributed by atoms with E-state index < -0.39 is 9.84 Å². The fourth-order valence-electron chi connectivity index (χ4n) is 3.58. The van der Waals surface area contributed by atoms with Gasteiger partial charge in [-0.1, -0.05) is 25.2 Å². The van der Waals surface area contributed by atoms with E-state index in [0.717, 1.165) is 22.4 Å². The maximum Gasteiger partial charge on any atom is 0.260 e. The molecule has 1 atom stereocenters. The lowest BCUT2D eigenvalue weighted by molar-refractivity contribution is 0.0917. The van der Waals surface area contributed by atoms with E-state index in [1.54, 1.807) is 34.9 Å². The van der Waals surface area contributed by atoms with Crippen molar-refractivity contribution in [2.24, 2.45) is 0 Å². The van der Waals surface area contributed by atoms with E-state index in [1.807, 2.05) is 24.3 Å². The lowest BCUT2D eigenvalue weighted by Gasteiger charge is -2.23. The van der Waals surface area contributed by atoms with Crippen molar-refractivity contribution in [3.05, 3.63) is 48.0 Å². The Hall–Kier alpha value is -1.94. The molecular weight excluding hydrogens is 464 g/mol. The number of hydrogen-bond acceptors (Lipinski definition) is 7. The van der Waals surface area contributed by atoms with Gasteiger partial charge in [0.1, 0.15) is 0 Å². The molecule has 3 aromatic rings. The van der Waals surface area contributed by atoms with Crippen LogP contribution in [0.2, 0.25) is 0 Å². The molecule has 2 aromatic carbocycles. The normalized spacial score (nSPS) is 16.7. The summed E-state index contributed by atoms with van der Waals surface area (Å²) in [7, 11) is -3.32. The van der Waals surface area contributed by atoms with E-state index in [4.69, 9.17) is 4.74 Å². The third-order valence-electron chi connectivity index (χ3n) is 5.14. The number of amides is 1. The van der Waals surface area contributed by atoms with Crippen molar-refractivity contribution in [3.63, 3.8) is 0 Å². The molecule has 9 heteroatoms. The van der Waals surface area contributed by atoms with Crippen molar-refractivity contribution in [2.45, 2.75) is 47.8 Å². The van der Waals surface area contributed by atoms with Crippen molar-refractivity contribution in [1.82, 2.24) is 4.98 Å². The van der Waals surface area contributed by atoms with Gasteiger partial charge in [0.15, 0.2) is 15.0 Å². The first-order valence-corrected chi connectivity index (χ1v) is 14.1. The van der Waals surface area contributed by atoms with Crippen molar-refractivity contribution < 1.29 is 17.9 Å². The van der Waals surface area contributed by atoms with Crippen LogP contribution in [0.3, 0.4) is 0 Å². The van der Waals surface area contributed by atoms with E-state index in [2.05, 4.69) is 18.8 Å². The quantitative estimate of drug-likeness (QED) is 0.433. The Morgan fingerprint density at radius 3 is 2.62 bits per heavy atom. The first kappa shape index (κ1) is 23.2. The minimum atomic E-state index is -3.32. The lowest BCUT2D eigenvalue weighted by atomic mass is 10.2. The Labute approximate surface area is 196 Å². The molecule has 170 valence electrons. The number of rotatable bonds is 7. The summed E-state index contributed by atoms with van der Waals surface area (Å²) in [6, 6.07) is 12.5. The van der Waals surface area contributed by atoms with Crippen LogP contribution < -0.4 is 4.90 Å². The molecule has 4 rings (SSSR count). The van der Waals surface area contributed by atoms with E-state index in [9.17, 15) is 13.2 Å². The SMILES string of the molecule is CC(C)Sc1ccc(C(=O)N(CC2CCCO2)c2nc3ccc(S(C)(=O)=O)cc3s2)cc1. The van der Waals surface area contributed by atoms with Gasteiger partial charge >= 0.3 is 0 Å². The number of hydrogen-bond donors (Lipinski definition) is 0. The molecule has 0 radical (unpaired) electrons. The van der Waals surface area contributed by atoms with Gasteiger partial charge in [-0.25, -0.2) is 13.4 Å². The molecule has 6 nitrogen and oxygen atoms in total. The number of nitrogens with zero attached hydrogens (tertiary/aromatic N) is 2. The van der Waals surface area contributed by atoms with Gasteiger partial charge in [-0.15, -0.1) is 11.8 Å². The summed E-state index contributed by atoms with van der Waals surface area (Å²) in [5.74, 6) is -0.135. The highest BCUT2D eigenvalue weighted by Gasteiger charge is 2.27. The molecule has 1 aliphatic heterocycles. The second-order valence-corrected chi connectivity index (χ2v) is 12.8. The average molecular weight is 491 g/mol. The number of carbonyl (C=O) groups is 1. The number of carbonyl (C=O) groups excluding carboxylic acids is 1. The number of thiazole rings is 1. The highest BCUT2D eigenvalue weighted by atomic mass is 32.2. The molecule has 0 aliphatic carbocycles. The zero-order valence-electron chi connectivity index (χ0n) is 18.3. The molecule has 1 aromatic heterocycles. The topological polar surface area (TPSA) is 76.6 Å². The van der Waals surface area contributed by atoms with Crippen LogP contribution in [0.4, 0.5) is 5.13 Å². The molecule has 32 heavy (non-hydrogen) atoms. The number of benzene rings is 2. The monoisotopic (exact) mass is 490 g/mol. The Balaban J connectivity index is 1.67. The first-order chi connectivity index (χ1) is 15.2. The summed E-state index contributed by atoms with van der Waals surface area (Å²) in [5.41, 5.74) is 1.26. The number of anilines is 1. The molecule has 1 unspecified atom stereocenters. The minimum Gasteiger partial charge on any atom is -0.376 e. The Morgan fingerprint density at radius 1 is 1.25 bits per heavy atom. The number of ether oxygens (including phenoxy) is 1. The van der Waals surface area contributed by atoms with E-state index in [1.165, 1.54) is 17.6 Å². The molecule has 1 fully saturated rings. The Morgan fingerprint density at radius 2 is 2.00 bits per heavy atom. The summed E-state index contributed by atoms with van der Waals surface area (Å²) in [6.45, 7) is 5.39. The van der Waals surface area contributed by atoms with Gasteiger partial charge in [-0.3, -0.25) is 9.69 Å². The molecule has 0 saturated carbocycles. The lowest BCUT2D eigenvalue weighted by Crippen LogP contribution is -2.37. The van der Waals surface area contributed by atoms with Crippen LogP contribution in [0.15, 0.2) is 52.3 Å². The van der Waals surface area contributed by atoms with Crippen LogP contribution in [0.1, 0.15) is 37.0 Å². The van der Waals surface area contributed by atoms with Gasteiger partial charge in [0.2, 0.25) is 0 Å². The van der Waals surface area contributed by atoms with Crippen LogP contribution in [-0.2, 0) is 14.6 Å². The Kier molecular flexibility index (Phi) is 6.90. The molecular formula is C23H26N2O4S3. The third-order valence-corrected chi connectivity index (χ3v) is 8.30. The molecule has 1 amide bonds. The van der Waals surface area contributed by atoms with Crippen LogP contribution >= 0.6 is 23.1 Å². The molecule has 0 N–H and O–H groups in total. The van der Waals surface area contributed by atoms with Gasteiger partial charge in [-0.05, 0) is 55.3 Å². The van der Waals surface area contributed by atoms with Crippen molar-refractivity contribution in [1.29, 1.82) is 0 Å². The summed E-state index contributed by atoms with van der Waals surface area (Å²) < 4.78 is 30.4. The predicted octanol–water partition coefficient (Wildman–Crippen LogP) is 5.03. The minimum absolute atomic E-state index is 0.0340. The summed E-state index contributed by atoms with van der Waals surface area (Å²) in [4.78, 5) is 21.2. The first-order valence-electron chi connectivity index (χ1n) is 10.5. The van der Waals surface area contributed by atoms with Gasteiger partial charge < -0.3 is 4.74 Å². The average Bonchev–Trinajstić information content (AvgIpc) is 3.40. The maximum absolute atomic E-state index is 13.5. The molecule has 1 saturated heterocycles. The van der Waals surface area contributed by atoms with E-state index in [0.29, 0.717) is 34.6 Å². The standard InChI is InChI=1S/C23H26N2O4S3/c1-15(2)30-18-8-6-16(7-9-18)22(26)25(14-17-5-4-12-29-17)23-24-20-11-10-19(32(3,27)28)13-21(20)31-23/h6-11,13,15,17H,4-5,12,14H2,1-3H3. The van der Waals surface area contributed by atoms with Crippen LogP contribution in [0.5, 0.6) is 0 Å². The highest BCUT2D eigenvalue weighted by molar-refractivity contribution is 7.99. The summed E-state index contributed by atoms with van der Waals surface area (Å²) in [5, 5.41) is 1.01. The van der Waals surface area contributed by atoms with Crippen molar-refractivity contribution in [3.8, 4) is 0 Å². The van der Waals surface area contributed by atoms with Gasteiger partial charge in [-0.2, -0.15) is 0 Å². The molecule has 0 spiro atoms. The number of sulfone groups is 1. The highest BCUT2D eigenvalue weighted by Crippen LogP contribution is 2.33. The smallest absolute Gasteiger partial charge is 0.260 e. The summed E-state index contributed by atoms with van der Waals surface area (Å²) in [6.07, 6.45) is 3.03. The van der Waals surface area contributed by atoms with Gasteiger partial charge in [0.25, 0.3) is 5.91 Å². The van der Waals surface area contributed by atoms with Crippen LogP contribution in [-0.4, -0.2) is 50.1 Å². The van der Waals surface area contributed by atoms with Crippen molar-refractivity contribution >= 4 is 54.2 Å². The molecule has 0 bridgehead atoms. The van der Waals surface area contributed by atoms with Crippen LogP contribution in [0, 0.1) is 0 Å². The second-order valence-electron chi connectivity index (χ2n) is 8.14. The van der Waals surface area contributed by atoms with Gasteiger partial charge in [0, 0.05) is 28.6 Å². The Bertz CT molecular complexity index is 1210. The van der Waals surface area contributed by atoms with Crippen molar-refractivity contribution in [2.75, 3.05) is 24.3 Å². The fourth-order valence-corrected chi connectivity index (χ4v) is 6.15. The van der Waals surface area contributed by atoms with Crippen LogP contribution in [0.25, 0.3) is 10.2 Å². The third kappa shape index (κ3) is 5.33. The second kappa shape index (κ2) is 9.51. The number of fused-ring (bicyclic) bond motifs is 1. The molecule has 2 heterocycles. The maximum atomic E-state index is 13.5. The molecule has 1 aliphatic rings. The number of thioether (sulfide) groups is 1. The predicted molar refractivity (Wildman–Crippen MR) is 131 cm³/mol. The zero-order chi connectivity index (χ0) is 22.9. The van der Waals surface area contributed by atoms with E-state index in [-0.39, 0.29) is 16.9 Å².